The minimum absolute atomic E-state index is 0.201. The fourth-order valence-electron chi connectivity index (χ4n) is 1.94. The van der Waals surface area contributed by atoms with Gasteiger partial charge in [0.25, 0.3) is 5.91 Å². The Balaban J connectivity index is 2.02. The lowest BCUT2D eigenvalue weighted by molar-refractivity contribution is -0.118. The maximum absolute atomic E-state index is 12.0. The fourth-order valence-corrected chi connectivity index (χ4v) is 2.46. The van der Waals surface area contributed by atoms with Crippen molar-refractivity contribution in [3.05, 3.63) is 46.4 Å². The largest absolute Gasteiger partial charge is 0.493 e. The summed E-state index contributed by atoms with van der Waals surface area (Å²) in [4.78, 5) is 12.0. The van der Waals surface area contributed by atoms with Gasteiger partial charge in [0.05, 0.1) is 14.2 Å². The summed E-state index contributed by atoms with van der Waals surface area (Å²) in [5, 5.41) is 3.52. The average Bonchev–Trinajstić information content (AvgIpc) is 2.51. The van der Waals surface area contributed by atoms with Gasteiger partial charge in [0.1, 0.15) is 0 Å². The van der Waals surface area contributed by atoms with E-state index >= 15 is 0 Å². The van der Waals surface area contributed by atoms with Gasteiger partial charge in [-0.05, 0) is 30.3 Å². The van der Waals surface area contributed by atoms with Crippen LogP contribution >= 0.6 is 23.2 Å². The van der Waals surface area contributed by atoms with E-state index in [0.717, 1.165) is 0 Å². The van der Waals surface area contributed by atoms with E-state index in [1.807, 2.05) is 0 Å². The van der Waals surface area contributed by atoms with Crippen LogP contribution in [0.2, 0.25) is 10.0 Å². The number of rotatable bonds is 6. The monoisotopic (exact) mass is 355 g/mol. The SMILES string of the molecule is COc1cccc(OCC(=O)Nc2cc(Cl)cc(Cl)c2)c1OC. The van der Waals surface area contributed by atoms with E-state index < -0.39 is 0 Å². The molecule has 7 heteroatoms. The van der Waals surface area contributed by atoms with E-state index in [4.69, 9.17) is 37.4 Å². The number of carbonyl (C=O) groups is 1. The molecule has 0 saturated heterocycles. The maximum atomic E-state index is 12.0. The highest BCUT2D eigenvalue weighted by Gasteiger charge is 2.12. The lowest BCUT2D eigenvalue weighted by atomic mass is 10.3. The molecule has 1 amide bonds. The molecular weight excluding hydrogens is 341 g/mol. The Morgan fingerprint density at radius 3 is 2.30 bits per heavy atom. The van der Waals surface area contributed by atoms with Crippen molar-refractivity contribution in [2.24, 2.45) is 0 Å². The lowest BCUT2D eigenvalue weighted by Gasteiger charge is -2.13. The standard InChI is InChI=1S/C16H15Cl2NO4/c1-21-13-4-3-5-14(16(13)22-2)23-9-15(20)19-12-7-10(17)6-11(18)8-12/h3-8H,9H2,1-2H3,(H,19,20). The van der Waals surface area contributed by atoms with Crippen molar-refractivity contribution in [3.8, 4) is 17.2 Å². The zero-order valence-corrected chi connectivity index (χ0v) is 14.1. The summed E-state index contributed by atoms with van der Waals surface area (Å²) < 4.78 is 15.9. The molecule has 0 aliphatic carbocycles. The summed E-state index contributed by atoms with van der Waals surface area (Å²) in [6.45, 7) is -0.201. The zero-order chi connectivity index (χ0) is 16.8. The Bertz CT molecular complexity index is 686. The molecule has 0 saturated carbocycles. The summed E-state index contributed by atoms with van der Waals surface area (Å²) in [5.41, 5.74) is 0.494. The van der Waals surface area contributed by atoms with Crippen molar-refractivity contribution < 1.29 is 19.0 Å². The van der Waals surface area contributed by atoms with Crippen LogP contribution in [0.5, 0.6) is 17.2 Å². The molecule has 0 spiro atoms. The van der Waals surface area contributed by atoms with Gasteiger partial charge in [-0.1, -0.05) is 29.3 Å². The number of nitrogens with one attached hydrogen (secondary N) is 1. The van der Waals surface area contributed by atoms with Gasteiger partial charge in [0, 0.05) is 15.7 Å². The predicted octanol–water partition coefficient (Wildman–Crippen LogP) is 4.03. The molecule has 0 fully saturated rings. The number of hydrogen-bond acceptors (Lipinski definition) is 4. The number of hydrogen-bond donors (Lipinski definition) is 1. The molecule has 5 nitrogen and oxygen atoms in total. The van der Waals surface area contributed by atoms with Crippen LogP contribution in [-0.4, -0.2) is 26.7 Å². The van der Waals surface area contributed by atoms with Gasteiger partial charge in [-0.3, -0.25) is 4.79 Å². The van der Waals surface area contributed by atoms with Crippen LogP contribution in [-0.2, 0) is 4.79 Å². The van der Waals surface area contributed by atoms with Gasteiger partial charge < -0.3 is 19.5 Å². The zero-order valence-electron chi connectivity index (χ0n) is 12.6. The summed E-state index contributed by atoms with van der Waals surface area (Å²) in [7, 11) is 3.02. The van der Waals surface area contributed by atoms with Crippen molar-refractivity contribution in [1.82, 2.24) is 0 Å². The first-order valence-corrected chi connectivity index (χ1v) is 7.39. The van der Waals surface area contributed by atoms with Crippen LogP contribution in [0.25, 0.3) is 0 Å². The maximum Gasteiger partial charge on any atom is 0.262 e. The molecule has 0 atom stereocenters. The number of amides is 1. The van der Waals surface area contributed by atoms with Gasteiger partial charge in [0.15, 0.2) is 18.1 Å². The van der Waals surface area contributed by atoms with Crippen LogP contribution in [0.3, 0.4) is 0 Å². The highest BCUT2D eigenvalue weighted by molar-refractivity contribution is 6.35. The van der Waals surface area contributed by atoms with Crippen LogP contribution in [0, 0.1) is 0 Å². The van der Waals surface area contributed by atoms with Gasteiger partial charge in [0.2, 0.25) is 5.75 Å². The molecule has 2 aromatic carbocycles. The molecule has 0 aliphatic rings. The summed E-state index contributed by atoms with van der Waals surface area (Å²) in [5.74, 6) is 1.000. The smallest absolute Gasteiger partial charge is 0.262 e. The Labute approximate surface area is 144 Å². The first-order chi connectivity index (χ1) is 11.0. The molecule has 0 unspecified atom stereocenters. The molecule has 0 aliphatic heterocycles. The quantitative estimate of drug-likeness (QED) is 0.849. The first kappa shape index (κ1) is 17.2. The first-order valence-electron chi connectivity index (χ1n) is 6.63. The van der Waals surface area contributed by atoms with Crippen LogP contribution < -0.4 is 19.5 Å². The third kappa shape index (κ3) is 4.68. The third-order valence-electron chi connectivity index (χ3n) is 2.87. The Morgan fingerprint density at radius 2 is 1.70 bits per heavy atom. The normalized spacial score (nSPS) is 10.1. The van der Waals surface area contributed by atoms with Gasteiger partial charge >= 0.3 is 0 Å². The fraction of sp³-hybridized carbons (Fsp3) is 0.188. The Morgan fingerprint density at radius 1 is 1.04 bits per heavy atom. The third-order valence-corrected chi connectivity index (χ3v) is 3.31. The Kier molecular flexibility index (Phi) is 5.96. The molecule has 2 aromatic rings. The number of ether oxygens (including phenoxy) is 3. The summed E-state index contributed by atoms with van der Waals surface area (Å²) >= 11 is 11.8. The van der Waals surface area contributed by atoms with Crippen molar-refractivity contribution in [1.29, 1.82) is 0 Å². The number of benzene rings is 2. The number of methoxy groups -OCH3 is 2. The second kappa shape index (κ2) is 7.94. The van der Waals surface area contributed by atoms with E-state index in [0.29, 0.717) is 33.0 Å². The van der Waals surface area contributed by atoms with E-state index in [2.05, 4.69) is 5.32 Å². The van der Waals surface area contributed by atoms with Crippen molar-refractivity contribution in [2.75, 3.05) is 26.1 Å². The molecule has 23 heavy (non-hydrogen) atoms. The van der Waals surface area contributed by atoms with Crippen molar-refractivity contribution in [3.63, 3.8) is 0 Å². The van der Waals surface area contributed by atoms with E-state index in [9.17, 15) is 4.79 Å². The molecule has 0 heterocycles. The van der Waals surface area contributed by atoms with Gasteiger partial charge in [-0.15, -0.1) is 0 Å². The van der Waals surface area contributed by atoms with Crippen LogP contribution in [0.1, 0.15) is 0 Å². The second-order valence-electron chi connectivity index (χ2n) is 4.49. The highest BCUT2D eigenvalue weighted by atomic mass is 35.5. The molecule has 0 bridgehead atoms. The minimum Gasteiger partial charge on any atom is -0.493 e. The molecule has 2 rings (SSSR count). The molecule has 0 aromatic heterocycles. The second-order valence-corrected chi connectivity index (χ2v) is 5.36. The topological polar surface area (TPSA) is 56.8 Å². The van der Waals surface area contributed by atoms with Crippen LogP contribution in [0.15, 0.2) is 36.4 Å². The molecule has 1 N–H and O–H groups in total. The molecular formula is C16H15Cl2NO4. The molecule has 122 valence electrons. The average molecular weight is 356 g/mol. The van der Waals surface area contributed by atoms with Gasteiger partial charge in [-0.2, -0.15) is 0 Å². The predicted molar refractivity (Wildman–Crippen MR) is 90.1 cm³/mol. The summed E-state index contributed by atoms with van der Waals surface area (Å²) in [6.07, 6.45) is 0. The van der Waals surface area contributed by atoms with E-state index in [1.165, 1.54) is 14.2 Å². The van der Waals surface area contributed by atoms with Crippen molar-refractivity contribution in [2.45, 2.75) is 0 Å². The summed E-state index contributed by atoms with van der Waals surface area (Å²) in [6, 6.07) is 9.93. The van der Waals surface area contributed by atoms with E-state index in [1.54, 1.807) is 36.4 Å². The Hall–Kier alpha value is -2.11. The minimum atomic E-state index is -0.354. The van der Waals surface area contributed by atoms with Crippen LogP contribution in [0.4, 0.5) is 5.69 Å². The highest BCUT2D eigenvalue weighted by Crippen LogP contribution is 2.36. The number of para-hydroxylation sites is 1. The molecule has 0 radical (unpaired) electrons. The van der Waals surface area contributed by atoms with Crippen molar-refractivity contribution >= 4 is 34.8 Å². The lowest BCUT2D eigenvalue weighted by Crippen LogP contribution is -2.20. The number of halogens is 2. The number of anilines is 1. The van der Waals surface area contributed by atoms with Gasteiger partial charge in [-0.25, -0.2) is 0 Å². The number of carbonyl (C=O) groups excluding carboxylic acids is 1. The van der Waals surface area contributed by atoms with E-state index in [-0.39, 0.29) is 12.5 Å².